The average Bonchev–Trinajstić information content (AvgIpc) is 2.70. The summed E-state index contributed by atoms with van der Waals surface area (Å²) in [5.41, 5.74) is 3.14. The summed E-state index contributed by atoms with van der Waals surface area (Å²) in [6.07, 6.45) is 0. The van der Waals surface area contributed by atoms with Gasteiger partial charge in [0.25, 0.3) is 0 Å². The number of aliphatic imine (C=N–C) groups is 1. The number of ether oxygens (including phenoxy) is 1. The Balaban J connectivity index is 0.00000480. The number of carbonyl (C=O) groups excluding carboxylic acids is 1. The molecule has 0 bridgehead atoms. The van der Waals surface area contributed by atoms with Crippen molar-refractivity contribution >= 4 is 35.8 Å². The fraction of sp³-hybridized carbons (Fsp3) is 0.417. The van der Waals surface area contributed by atoms with Gasteiger partial charge in [0.05, 0.1) is 26.3 Å². The van der Waals surface area contributed by atoms with Gasteiger partial charge in [0, 0.05) is 12.1 Å². The van der Waals surface area contributed by atoms with Crippen LogP contribution < -0.4 is 16.0 Å². The highest BCUT2D eigenvalue weighted by molar-refractivity contribution is 14.0. The van der Waals surface area contributed by atoms with Crippen LogP contribution >= 0.6 is 24.0 Å². The van der Waals surface area contributed by atoms with Gasteiger partial charge in [-0.15, -0.1) is 24.0 Å². The van der Waals surface area contributed by atoms with Crippen LogP contribution in [0.15, 0.2) is 59.6 Å². The summed E-state index contributed by atoms with van der Waals surface area (Å²) < 4.78 is 5.78. The lowest BCUT2D eigenvalue weighted by molar-refractivity contribution is -0.121. The molecular formula is C24H35IN4O2. The van der Waals surface area contributed by atoms with Crippen LogP contribution in [0.5, 0.6) is 0 Å². The van der Waals surface area contributed by atoms with Gasteiger partial charge in [-0.05, 0) is 44.4 Å². The minimum absolute atomic E-state index is 0. The molecule has 3 N–H and O–H groups in total. The maximum atomic E-state index is 12.0. The van der Waals surface area contributed by atoms with Crippen LogP contribution in [0.2, 0.25) is 0 Å². The minimum atomic E-state index is -0.249. The van der Waals surface area contributed by atoms with Gasteiger partial charge in [0.1, 0.15) is 0 Å². The normalized spacial score (nSPS) is 11.4. The first-order valence-corrected chi connectivity index (χ1v) is 10.4. The van der Waals surface area contributed by atoms with Crippen molar-refractivity contribution in [3.05, 3.63) is 71.3 Å². The third kappa shape index (κ3) is 11.7. The topological polar surface area (TPSA) is 74.8 Å². The van der Waals surface area contributed by atoms with Crippen LogP contribution in [0.1, 0.15) is 44.4 Å². The van der Waals surface area contributed by atoms with E-state index in [0.29, 0.717) is 25.7 Å². The summed E-state index contributed by atoms with van der Waals surface area (Å²) in [6, 6.07) is 18.4. The van der Waals surface area contributed by atoms with Crippen molar-refractivity contribution in [2.24, 2.45) is 4.99 Å². The molecule has 6 nitrogen and oxygen atoms in total. The summed E-state index contributed by atoms with van der Waals surface area (Å²) in [7, 11) is 0. The molecule has 0 spiro atoms. The number of nitrogens with one attached hydrogen (secondary N) is 3. The molecule has 2 rings (SSSR count). The molecule has 0 saturated carbocycles. The van der Waals surface area contributed by atoms with Crippen molar-refractivity contribution in [1.29, 1.82) is 0 Å². The van der Waals surface area contributed by atoms with E-state index in [1.807, 2.05) is 45.9 Å². The lowest BCUT2D eigenvalue weighted by Crippen LogP contribution is -2.48. The summed E-state index contributed by atoms with van der Waals surface area (Å²) in [5.74, 6) is 0.560. The van der Waals surface area contributed by atoms with Crippen LogP contribution in [0.4, 0.5) is 0 Å². The van der Waals surface area contributed by atoms with E-state index in [1.54, 1.807) is 0 Å². The van der Waals surface area contributed by atoms with Crippen molar-refractivity contribution < 1.29 is 9.53 Å². The minimum Gasteiger partial charge on any atom is -0.372 e. The Kier molecular flexibility index (Phi) is 12.2. The molecule has 2 aromatic rings. The fourth-order valence-corrected chi connectivity index (χ4v) is 2.74. The van der Waals surface area contributed by atoms with E-state index < -0.39 is 0 Å². The summed E-state index contributed by atoms with van der Waals surface area (Å²) in [4.78, 5) is 16.6. The van der Waals surface area contributed by atoms with E-state index in [1.165, 1.54) is 5.56 Å². The Morgan fingerprint density at radius 1 is 0.903 bits per heavy atom. The monoisotopic (exact) mass is 538 g/mol. The van der Waals surface area contributed by atoms with Gasteiger partial charge in [-0.1, -0.05) is 54.6 Å². The predicted octanol–water partition coefficient (Wildman–Crippen LogP) is 3.99. The van der Waals surface area contributed by atoms with Gasteiger partial charge in [-0.25, -0.2) is 4.99 Å². The van der Waals surface area contributed by atoms with E-state index in [9.17, 15) is 4.79 Å². The number of halogens is 1. The first kappa shape index (κ1) is 26.9. The molecule has 7 heteroatoms. The van der Waals surface area contributed by atoms with Crippen molar-refractivity contribution in [1.82, 2.24) is 16.0 Å². The van der Waals surface area contributed by atoms with Crippen LogP contribution in [-0.4, -0.2) is 30.5 Å². The second-order valence-corrected chi connectivity index (χ2v) is 8.14. The Morgan fingerprint density at radius 3 is 2.06 bits per heavy atom. The number of hydrogen-bond donors (Lipinski definition) is 3. The molecule has 170 valence electrons. The highest BCUT2D eigenvalue weighted by atomic mass is 127. The summed E-state index contributed by atoms with van der Waals surface area (Å²) >= 11 is 0. The van der Waals surface area contributed by atoms with Crippen molar-refractivity contribution in [3.8, 4) is 0 Å². The Bertz CT molecular complexity index is 803. The van der Waals surface area contributed by atoms with Gasteiger partial charge in [0.2, 0.25) is 5.91 Å². The lowest BCUT2D eigenvalue weighted by Gasteiger charge is -2.21. The third-order valence-corrected chi connectivity index (χ3v) is 4.10. The molecule has 0 fully saturated rings. The number of amides is 1. The van der Waals surface area contributed by atoms with E-state index in [4.69, 9.17) is 4.74 Å². The Hall–Kier alpha value is -2.13. The standard InChI is InChI=1S/C24H34N4O2.HI/c1-5-25-23(27-16-22(29)28-24(2,3)4)26-15-19-11-13-21(14-12-19)18-30-17-20-9-7-6-8-10-20;/h6-14H,5,15-18H2,1-4H3,(H,28,29)(H2,25,26,27);1H. The number of rotatable bonds is 9. The van der Waals surface area contributed by atoms with E-state index in [0.717, 1.165) is 17.7 Å². The van der Waals surface area contributed by atoms with Crippen molar-refractivity contribution in [2.75, 3.05) is 13.1 Å². The van der Waals surface area contributed by atoms with Gasteiger partial charge in [-0.2, -0.15) is 0 Å². The second kappa shape index (κ2) is 14.0. The largest absolute Gasteiger partial charge is 0.372 e. The van der Waals surface area contributed by atoms with Crippen molar-refractivity contribution in [2.45, 2.75) is 53.0 Å². The first-order valence-electron chi connectivity index (χ1n) is 10.4. The maximum absolute atomic E-state index is 12.0. The van der Waals surface area contributed by atoms with Crippen LogP contribution in [0.25, 0.3) is 0 Å². The smallest absolute Gasteiger partial charge is 0.239 e. The zero-order chi connectivity index (χ0) is 21.8. The van der Waals surface area contributed by atoms with Gasteiger partial charge >= 0.3 is 0 Å². The molecule has 31 heavy (non-hydrogen) atoms. The predicted molar refractivity (Wildman–Crippen MR) is 138 cm³/mol. The molecular weight excluding hydrogens is 503 g/mol. The van der Waals surface area contributed by atoms with E-state index >= 15 is 0 Å². The molecule has 2 aromatic carbocycles. The summed E-state index contributed by atoms with van der Waals surface area (Å²) in [5, 5.41) is 9.17. The average molecular weight is 538 g/mol. The molecule has 1 amide bonds. The maximum Gasteiger partial charge on any atom is 0.239 e. The second-order valence-electron chi connectivity index (χ2n) is 8.14. The molecule has 0 aliphatic carbocycles. The van der Waals surface area contributed by atoms with Gasteiger partial charge in [0.15, 0.2) is 5.96 Å². The Morgan fingerprint density at radius 2 is 1.48 bits per heavy atom. The molecule has 0 unspecified atom stereocenters. The zero-order valence-corrected chi connectivity index (χ0v) is 21.2. The highest BCUT2D eigenvalue weighted by Gasteiger charge is 2.13. The molecule has 0 aliphatic rings. The van der Waals surface area contributed by atoms with E-state index in [-0.39, 0.29) is 42.0 Å². The molecule has 0 aromatic heterocycles. The highest BCUT2D eigenvalue weighted by Crippen LogP contribution is 2.09. The molecule has 0 radical (unpaired) electrons. The molecule has 0 saturated heterocycles. The van der Waals surface area contributed by atoms with Gasteiger partial charge < -0.3 is 20.7 Å². The van der Waals surface area contributed by atoms with Gasteiger partial charge in [-0.3, -0.25) is 4.79 Å². The SMILES string of the molecule is CCNC(=NCc1ccc(COCc2ccccc2)cc1)NCC(=O)NC(C)(C)C.I. The zero-order valence-electron chi connectivity index (χ0n) is 18.9. The molecule has 0 aliphatic heterocycles. The van der Waals surface area contributed by atoms with Crippen LogP contribution in [0.3, 0.4) is 0 Å². The summed E-state index contributed by atoms with van der Waals surface area (Å²) in [6.45, 7) is 10.5. The number of carbonyl (C=O) groups is 1. The third-order valence-electron chi connectivity index (χ3n) is 4.10. The van der Waals surface area contributed by atoms with E-state index in [2.05, 4.69) is 57.3 Å². The molecule has 0 heterocycles. The number of benzene rings is 2. The Labute approximate surface area is 203 Å². The van der Waals surface area contributed by atoms with Crippen LogP contribution in [-0.2, 0) is 29.3 Å². The quantitative estimate of drug-likeness (QED) is 0.257. The number of guanidine groups is 1. The van der Waals surface area contributed by atoms with Crippen molar-refractivity contribution in [3.63, 3.8) is 0 Å². The lowest BCUT2D eigenvalue weighted by atomic mass is 10.1. The van der Waals surface area contributed by atoms with Crippen LogP contribution in [0, 0.1) is 0 Å². The first-order chi connectivity index (χ1) is 14.4. The number of nitrogens with zero attached hydrogens (tertiary/aromatic N) is 1. The fourth-order valence-electron chi connectivity index (χ4n) is 2.74. The molecule has 0 atom stereocenters. The number of hydrogen-bond acceptors (Lipinski definition) is 3.